The summed E-state index contributed by atoms with van der Waals surface area (Å²) in [5.41, 5.74) is 0.0677. The number of piperidine rings is 1. The van der Waals surface area contributed by atoms with Gasteiger partial charge in [0.1, 0.15) is 0 Å². The van der Waals surface area contributed by atoms with Crippen LogP contribution in [0.2, 0.25) is 0 Å². The van der Waals surface area contributed by atoms with E-state index in [9.17, 15) is 9.59 Å². The van der Waals surface area contributed by atoms with Crippen LogP contribution in [0, 0.1) is 0 Å². The molecule has 1 aromatic heterocycles. The average molecular weight is 419 g/mol. The van der Waals surface area contributed by atoms with E-state index in [1.807, 2.05) is 0 Å². The summed E-state index contributed by atoms with van der Waals surface area (Å²) in [5.74, 6) is 0.299. The first-order valence-corrected chi connectivity index (χ1v) is 11.4. The third-order valence-electron chi connectivity index (χ3n) is 6.89. The van der Waals surface area contributed by atoms with Gasteiger partial charge in [-0.15, -0.1) is 0 Å². The van der Waals surface area contributed by atoms with Crippen molar-refractivity contribution in [1.29, 1.82) is 0 Å². The summed E-state index contributed by atoms with van der Waals surface area (Å²) in [5, 5.41) is 6.28. The number of furan rings is 1. The molecule has 0 unspecified atom stereocenters. The van der Waals surface area contributed by atoms with Gasteiger partial charge < -0.3 is 24.7 Å². The summed E-state index contributed by atoms with van der Waals surface area (Å²) >= 11 is 0. The van der Waals surface area contributed by atoms with Gasteiger partial charge in [0.2, 0.25) is 0 Å². The van der Waals surface area contributed by atoms with Gasteiger partial charge in [0.25, 0.3) is 5.91 Å². The zero-order valence-electron chi connectivity index (χ0n) is 17.7. The highest BCUT2D eigenvalue weighted by molar-refractivity contribution is 5.91. The lowest BCUT2D eigenvalue weighted by molar-refractivity contribution is -0.0357. The molecule has 3 aliphatic rings. The number of carbonyl (C=O) groups excluding carboxylic acids is 2. The van der Waals surface area contributed by atoms with E-state index in [0.717, 1.165) is 52.0 Å². The summed E-state index contributed by atoms with van der Waals surface area (Å²) in [6.45, 7) is 5.41. The molecule has 0 bridgehead atoms. The second-order valence-corrected chi connectivity index (χ2v) is 8.76. The number of hydrogen-bond acceptors (Lipinski definition) is 5. The molecule has 0 aromatic carbocycles. The smallest absolute Gasteiger partial charge is 0.315 e. The molecule has 3 heterocycles. The molecule has 8 heteroatoms. The fourth-order valence-electron chi connectivity index (χ4n) is 5.12. The molecule has 0 spiro atoms. The molecular formula is C22H34N4O4. The third kappa shape index (κ3) is 4.98. The fraction of sp³-hybridized carbons (Fsp3) is 0.727. The second kappa shape index (κ2) is 9.83. The van der Waals surface area contributed by atoms with Crippen LogP contribution >= 0.6 is 0 Å². The van der Waals surface area contributed by atoms with Crippen molar-refractivity contribution in [1.82, 2.24) is 20.4 Å². The van der Waals surface area contributed by atoms with Crippen LogP contribution < -0.4 is 10.6 Å². The van der Waals surface area contributed by atoms with Crippen LogP contribution in [-0.2, 0) is 4.74 Å². The van der Waals surface area contributed by atoms with Crippen LogP contribution in [0.25, 0.3) is 0 Å². The molecule has 8 nitrogen and oxygen atoms in total. The maximum absolute atomic E-state index is 12.6. The van der Waals surface area contributed by atoms with Crippen molar-refractivity contribution in [3.05, 3.63) is 24.2 Å². The Hall–Kier alpha value is -2.06. The Bertz CT molecular complexity index is 688. The van der Waals surface area contributed by atoms with Crippen LogP contribution in [0.5, 0.6) is 0 Å². The lowest BCUT2D eigenvalue weighted by Gasteiger charge is -2.48. The molecule has 30 heavy (non-hydrogen) atoms. The number of urea groups is 1. The molecule has 1 aromatic rings. The lowest BCUT2D eigenvalue weighted by atomic mass is 9.80. The van der Waals surface area contributed by atoms with Crippen LogP contribution in [0.3, 0.4) is 0 Å². The number of amides is 3. The van der Waals surface area contributed by atoms with Gasteiger partial charge in [-0.2, -0.15) is 0 Å². The van der Waals surface area contributed by atoms with Crippen molar-refractivity contribution < 1.29 is 18.7 Å². The summed E-state index contributed by atoms with van der Waals surface area (Å²) < 4.78 is 10.7. The number of morpholine rings is 1. The topological polar surface area (TPSA) is 87.1 Å². The van der Waals surface area contributed by atoms with Crippen LogP contribution in [0.1, 0.15) is 55.5 Å². The van der Waals surface area contributed by atoms with Crippen LogP contribution in [0.15, 0.2) is 22.8 Å². The first-order valence-electron chi connectivity index (χ1n) is 11.4. The molecule has 2 aliphatic heterocycles. The molecule has 2 saturated heterocycles. The third-order valence-corrected chi connectivity index (χ3v) is 6.89. The Morgan fingerprint density at radius 2 is 1.80 bits per heavy atom. The molecule has 3 amide bonds. The maximum atomic E-state index is 12.6. The average Bonchev–Trinajstić information content (AvgIpc) is 3.34. The van der Waals surface area contributed by atoms with Gasteiger partial charge in [0.15, 0.2) is 5.76 Å². The molecule has 3 fully saturated rings. The van der Waals surface area contributed by atoms with Gasteiger partial charge in [-0.3, -0.25) is 9.69 Å². The Kier molecular flexibility index (Phi) is 6.94. The molecule has 4 rings (SSSR count). The Morgan fingerprint density at radius 3 is 2.47 bits per heavy atom. The minimum atomic E-state index is -0.0935. The monoisotopic (exact) mass is 418 g/mol. The lowest BCUT2D eigenvalue weighted by Crippen LogP contribution is -2.61. The molecule has 1 saturated carbocycles. The Labute approximate surface area is 178 Å². The zero-order chi connectivity index (χ0) is 20.8. The fourth-order valence-corrected chi connectivity index (χ4v) is 5.12. The van der Waals surface area contributed by atoms with Gasteiger partial charge in [-0.1, -0.05) is 19.3 Å². The summed E-state index contributed by atoms with van der Waals surface area (Å²) in [7, 11) is 0. The first-order chi connectivity index (χ1) is 14.7. The zero-order valence-corrected chi connectivity index (χ0v) is 17.7. The highest BCUT2D eigenvalue weighted by atomic mass is 16.5. The van der Waals surface area contributed by atoms with Crippen LogP contribution in [-0.4, -0.2) is 79.3 Å². The molecule has 0 radical (unpaired) electrons. The normalized spacial score (nSPS) is 23.1. The largest absolute Gasteiger partial charge is 0.459 e. The first kappa shape index (κ1) is 21.2. The van der Waals surface area contributed by atoms with Crippen molar-refractivity contribution in [2.24, 2.45) is 0 Å². The Balaban J connectivity index is 1.24. The second-order valence-electron chi connectivity index (χ2n) is 8.76. The maximum Gasteiger partial charge on any atom is 0.315 e. The number of likely N-dealkylation sites (tertiary alicyclic amines) is 1. The summed E-state index contributed by atoms with van der Waals surface area (Å²) in [6.07, 6.45) is 9.05. The van der Waals surface area contributed by atoms with Crippen LogP contribution in [0.4, 0.5) is 4.79 Å². The molecular weight excluding hydrogens is 384 g/mol. The van der Waals surface area contributed by atoms with Gasteiger partial charge in [-0.05, 0) is 37.8 Å². The van der Waals surface area contributed by atoms with Crippen molar-refractivity contribution in [2.45, 2.75) is 56.5 Å². The van der Waals surface area contributed by atoms with Gasteiger partial charge in [0.05, 0.1) is 19.5 Å². The highest BCUT2D eigenvalue weighted by Gasteiger charge is 2.39. The van der Waals surface area contributed by atoms with Crippen molar-refractivity contribution in [3.63, 3.8) is 0 Å². The number of nitrogens with zero attached hydrogens (tertiary/aromatic N) is 2. The predicted molar refractivity (Wildman–Crippen MR) is 112 cm³/mol. The molecule has 166 valence electrons. The van der Waals surface area contributed by atoms with Crippen molar-refractivity contribution in [2.75, 3.05) is 45.9 Å². The predicted octanol–water partition coefficient (Wildman–Crippen LogP) is 2.22. The van der Waals surface area contributed by atoms with E-state index < -0.39 is 0 Å². The number of nitrogens with one attached hydrogen (secondary N) is 2. The number of ether oxygens (including phenoxy) is 1. The van der Waals surface area contributed by atoms with E-state index in [1.54, 1.807) is 17.0 Å². The van der Waals surface area contributed by atoms with E-state index in [0.29, 0.717) is 25.4 Å². The Morgan fingerprint density at radius 1 is 1.07 bits per heavy atom. The SMILES string of the molecule is O=C(NCC1(N2CCOCC2)CCCCC1)NC1CCN(C(=O)c2ccco2)CC1. The quantitative estimate of drug-likeness (QED) is 0.766. The molecule has 2 N–H and O–H groups in total. The highest BCUT2D eigenvalue weighted by Crippen LogP contribution is 2.33. The standard InChI is InChI=1S/C22H34N4O4/c27-20(19-5-4-14-30-19)25-10-6-18(7-11-25)24-21(28)23-17-22(8-2-1-3-9-22)26-12-15-29-16-13-26/h4-5,14,18H,1-3,6-13,15-17H2,(H2,23,24,28). The van der Waals surface area contributed by atoms with E-state index in [-0.39, 0.29) is 23.5 Å². The number of hydrogen-bond donors (Lipinski definition) is 2. The number of rotatable bonds is 5. The van der Waals surface area contributed by atoms with Gasteiger partial charge in [-0.25, -0.2) is 4.79 Å². The van der Waals surface area contributed by atoms with E-state index in [2.05, 4.69) is 15.5 Å². The van der Waals surface area contributed by atoms with Crippen molar-refractivity contribution >= 4 is 11.9 Å². The summed E-state index contributed by atoms with van der Waals surface area (Å²) in [6, 6.07) is 3.41. The van der Waals surface area contributed by atoms with E-state index in [4.69, 9.17) is 9.15 Å². The number of carbonyl (C=O) groups is 2. The van der Waals surface area contributed by atoms with Gasteiger partial charge in [0, 0.05) is 44.3 Å². The minimum absolute atomic E-state index is 0.0677. The molecule has 0 atom stereocenters. The summed E-state index contributed by atoms with van der Waals surface area (Å²) in [4.78, 5) is 29.3. The minimum Gasteiger partial charge on any atom is -0.459 e. The molecule has 1 aliphatic carbocycles. The van der Waals surface area contributed by atoms with Crippen molar-refractivity contribution in [3.8, 4) is 0 Å². The van der Waals surface area contributed by atoms with E-state index in [1.165, 1.54) is 25.5 Å². The van der Waals surface area contributed by atoms with E-state index >= 15 is 0 Å². The van der Waals surface area contributed by atoms with Gasteiger partial charge >= 0.3 is 6.03 Å².